The molecule has 1 rings (SSSR count). The van der Waals surface area contributed by atoms with Gasteiger partial charge in [0.1, 0.15) is 0 Å². The number of amidine groups is 1. The fourth-order valence-electron chi connectivity index (χ4n) is 1.70. The number of oxime groups is 1. The largest absolute Gasteiger partial charge is 0.409 e. The molecular weight excluding hydrogens is 194 g/mol. The Bertz CT molecular complexity index is 261. The average molecular weight is 213 g/mol. The van der Waals surface area contributed by atoms with Gasteiger partial charge in [-0.2, -0.15) is 0 Å². The Morgan fingerprint density at radius 2 is 2.27 bits per heavy atom. The number of nitrogens with two attached hydrogens (primary N) is 1. The zero-order valence-electron chi connectivity index (χ0n) is 9.31. The summed E-state index contributed by atoms with van der Waals surface area (Å²) >= 11 is 0. The molecule has 0 saturated heterocycles. The number of hydrogen-bond acceptors (Lipinski definition) is 3. The van der Waals surface area contributed by atoms with Gasteiger partial charge < -0.3 is 15.8 Å². The van der Waals surface area contributed by atoms with Crippen LogP contribution in [-0.2, 0) is 4.79 Å². The molecule has 1 amide bonds. The minimum Gasteiger partial charge on any atom is -0.409 e. The lowest BCUT2D eigenvalue weighted by Gasteiger charge is -2.31. The van der Waals surface area contributed by atoms with E-state index in [-0.39, 0.29) is 11.7 Å². The Morgan fingerprint density at radius 1 is 1.67 bits per heavy atom. The third-order valence-corrected chi connectivity index (χ3v) is 3.06. The molecule has 0 spiro atoms. The van der Waals surface area contributed by atoms with E-state index in [0.717, 1.165) is 6.54 Å². The smallest absolute Gasteiger partial charge is 0.232 e. The van der Waals surface area contributed by atoms with Gasteiger partial charge in [-0.3, -0.25) is 4.79 Å². The van der Waals surface area contributed by atoms with Crippen molar-refractivity contribution in [2.24, 2.45) is 22.7 Å². The number of nitrogens with zero attached hydrogens (tertiary/aromatic N) is 2. The number of rotatable bonds is 4. The topological polar surface area (TPSA) is 78.9 Å². The van der Waals surface area contributed by atoms with Crippen LogP contribution in [0.4, 0.5) is 0 Å². The Kier molecular flexibility index (Phi) is 3.94. The summed E-state index contributed by atoms with van der Waals surface area (Å²) < 4.78 is 0. The van der Waals surface area contributed by atoms with Crippen LogP contribution in [0.5, 0.6) is 0 Å². The van der Waals surface area contributed by atoms with E-state index < -0.39 is 5.92 Å². The summed E-state index contributed by atoms with van der Waals surface area (Å²) in [5, 5.41) is 11.3. The molecule has 0 radical (unpaired) electrons. The molecule has 1 fully saturated rings. The summed E-state index contributed by atoms with van der Waals surface area (Å²) in [5.41, 5.74) is 5.38. The van der Waals surface area contributed by atoms with E-state index in [2.05, 4.69) is 5.16 Å². The third-order valence-electron chi connectivity index (χ3n) is 3.06. The van der Waals surface area contributed by atoms with Crippen molar-refractivity contribution in [3.8, 4) is 0 Å². The van der Waals surface area contributed by atoms with E-state index in [1.807, 2.05) is 0 Å². The Morgan fingerprint density at radius 3 is 2.67 bits per heavy atom. The van der Waals surface area contributed by atoms with Gasteiger partial charge in [0, 0.05) is 13.6 Å². The first-order valence-electron chi connectivity index (χ1n) is 5.28. The monoisotopic (exact) mass is 213 g/mol. The molecule has 0 aromatic heterocycles. The number of hydrogen-bond donors (Lipinski definition) is 2. The Hall–Kier alpha value is -1.26. The van der Waals surface area contributed by atoms with Crippen LogP contribution in [-0.4, -0.2) is 35.4 Å². The molecule has 5 heteroatoms. The number of amides is 1. The summed E-state index contributed by atoms with van der Waals surface area (Å²) in [6.07, 6.45) is 3.67. The van der Waals surface area contributed by atoms with Gasteiger partial charge in [-0.1, -0.05) is 11.6 Å². The maximum absolute atomic E-state index is 11.8. The summed E-state index contributed by atoms with van der Waals surface area (Å²) in [7, 11) is 1.77. The normalized spacial score (nSPS) is 19.5. The first kappa shape index (κ1) is 11.8. The maximum atomic E-state index is 11.8. The average Bonchev–Trinajstić information content (AvgIpc) is 2.19. The first-order chi connectivity index (χ1) is 7.06. The molecule has 0 aliphatic heterocycles. The van der Waals surface area contributed by atoms with E-state index in [0.29, 0.717) is 5.92 Å². The zero-order valence-corrected chi connectivity index (χ0v) is 9.31. The van der Waals surface area contributed by atoms with Crippen LogP contribution in [0.25, 0.3) is 0 Å². The van der Waals surface area contributed by atoms with E-state index in [1.165, 1.54) is 19.3 Å². The van der Waals surface area contributed by atoms with Gasteiger partial charge in [-0.05, 0) is 25.7 Å². The second-order valence-corrected chi connectivity index (χ2v) is 4.26. The van der Waals surface area contributed by atoms with Gasteiger partial charge in [-0.25, -0.2) is 0 Å². The van der Waals surface area contributed by atoms with Gasteiger partial charge in [0.2, 0.25) is 5.91 Å². The van der Waals surface area contributed by atoms with E-state index >= 15 is 0 Å². The molecule has 86 valence electrons. The van der Waals surface area contributed by atoms with Crippen LogP contribution in [0.2, 0.25) is 0 Å². The highest BCUT2D eigenvalue weighted by molar-refractivity contribution is 6.01. The lowest BCUT2D eigenvalue weighted by molar-refractivity contribution is -0.132. The summed E-state index contributed by atoms with van der Waals surface area (Å²) in [6.45, 7) is 2.43. The van der Waals surface area contributed by atoms with E-state index in [1.54, 1.807) is 18.9 Å². The van der Waals surface area contributed by atoms with Gasteiger partial charge >= 0.3 is 0 Å². The number of carbonyl (C=O) groups excluding carboxylic acids is 1. The van der Waals surface area contributed by atoms with Gasteiger partial charge in [0.25, 0.3) is 0 Å². The van der Waals surface area contributed by atoms with Crippen LogP contribution >= 0.6 is 0 Å². The van der Waals surface area contributed by atoms with Crippen molar-refractivity contribution < 1.29 is 10.0 Å². The van der Waals surface area contributed by atoms with Crippen molar-refractivity contribution in [2.75, 3.05) is 13.6 Å². The molecule has 1 unspecified atom stereocenters. The van der Waals surface area contributed by atoms with E-state index in [9.17, 15) is 4.79 Å². The number of carbonyl (C=O) groups is 1. The molecule has 0 aromatic rings. The molecular formula is C10H19N3O2. The molecule has 1 aliphatic carbocycles. The Labute approximate surface area is 89.9 Å². The lowest BCUT2D eigenvalue weighted by atomic mass is 9.85. The van der Waals surface area contributed by atoms with Crippen molar-refractivity contribution in [1.29, 1.82) is 0 Å². The molecule has 1 saturated carbocycles. The molecule has 1 atom stereocenters. The highest BCUT2D eigenvalue weighted by Crippen LogP contribution is 2.27. The second-order valence-electron chi connectivity index (χ2n) is 4.26. The van der Waals surface area contributed by atoms with E-state index in [4.69, 9.17) is 10.9 Å². The molecule has 0 heterocycles. The lowest BCUT2D eigenvalue weighted by Crippen LogP contribution is -2.41. The van der Waals surface area contributed by atoms with Gasteiger partial charge in [0.05, 0.1) is 5.92 Å². The zero-order chi connectivity index (χ0) is 11.4. The van der Waals surface area contributed by atoms with Crippen molar-refractivity contribution in [1.82, 2.24) is 4.90 Å². The molecule has 0 bridgehead atoms. The van der Waals surface area contributed by atoms with Gasteiger partial charge in [0.15, 0.2) is 5.84 Å². The predicted octanol–water partition coefficient (Wildman–Crippen LogP) is 0.627. The van der Waals surface area contributed by atoms with Crippen molar-refractivity contribution >= 4 is 11.7 Å². The molecule has 3 N–H and O–H groups in total. The fraction of sp³-hybridized carbons (Fsp3) is 0.800. The van der Waals surface area contributed by atoms with Crippen LogP contribution < -0.4 is 5.73 Å². The highest BCUT2D eigenvalue weighted by atomic mass is 16.4. The fourth-order valence-corrected chi connectivity index (χ4v) is 1.70. The highest BCUT2D eigenvalue weighted by Gasteiger charge is 2.25. The summed E-state index contributed by atoms with van der Waals surface area (Å²) in [6, 6.07) is 0. The second kappa shape index (κ2) is 5.00. The molecule has 0 aromatic carbocycles. The van der Waals surface area contributed by atoms with Crippen molar-refractivity contribution in [2.45, 2.75) is 26.2 Å². The van der Waals surface area contributed by atoms with Crippen molar-refractivity contribution in [3.63, 3.8) is 0 Å². The standard InChI is InChI=1S/C10H19N3O2/c1-7(9(11)12-15)10(14)13(2)6-8-4-3-5-8/h7-8,15H,3-6H2,1-2H3,(H2,11,12). The maximum Gasteiger partial charge on any atom is 0.232 e. The summed E-state index contributed by atoms with van der Waals surface area (Å²) in [5.74, 6) is -0.0174. The van der Waals surface area contributed by atoms with Crippen LogP contribution in [0.15, 0.2) is 5.16 Å². The van der Waals surface area contributed by atoms with Crippen molar-refractivity contribution in [3.05, 3.63) is 0 Å². The van der Waals surface area contributed by atoms with Crippen LogP contribution in [0.3, 0.4) is 0 Å². The minimum atomic E-state index is -0.542. The summed E-state index contributed by atoms with van der Waals surface area (Å²) in [4.78, 5) is 13.4. The first-order valence-corrected chi connectivity index (χ1v) is 5.28. The third kappa shape index (κ3) is 2.84. The SMILES string of the molecule is CC(C(=O)N(C)CC1CCC1)C(N)=NO. The van der Waals surface area contributed by atoms with Crippen LogP contribution in [0.1, 0.15) is 26.2 Å². The minimum absolute atomic E-state index is 0.0274. The Balaban J connectivity index is 2.43. The molecule has 15 heavy (non-hydrogen) atoms. The molecule has 5 nitrogen and oxygen atoms in total. The quantitative estimate of drug-likeness (QED) is 0.311. The van der Waals surface area contributed by atoms with Crippen LogP contribution in [0, 0.1) is 11.8 Å². The predicted molar refractivity (Wildman–Crippen MR) is 57.6 cm³/mol. The molecule has 1 aliphatic rings. The van der Waals surface area contributed by atoms with Gasteiger partial charge in [-0.15, -0.1) is 0 Å².